The Morgan fingerprint density at radius 1 is 1.23 bits per heavy atom. The zero-order valence-corrected chi connectivity index (χ0v) is 18.3. The van der Waals surface area contributed by atoms with Gasteiger partial charge in [0.05, 0.1) is 20.8 Å². The zero-order valence-electron chi connectivity index (χ0n) is 16.7. The van der Waals surface area contributed by atoms with Gasteiger partial charge in [0.1, 0.15) is 22.3 Å². The maximum absolute atomic E-state index is 15.3. The number of nitrogens with one attached hydrogen (secondary N) is 2. The van der Waals surface area contributed by atoms with Gasteiger partial charge >= 0.3 is 0 Å². The lowest BCUT2D eigenvalue weighted by Gasteiger charge is -2.12. The Kier molecular flexibility index (Phi) is 5.84. The molecule has 0 radical (unpaired) electrons. The van der Waals surface area contributed by atoms with Crippen molar-refractivity contribution in [3.63, 3.8) is 0 Å². The van der Waals surface area contributed by atoms with Crippen LogP contribution in [-0.4, -0.2) is 20.9 Å². The highest BCUT2D eigenvalue weighted by atomic mass is 35.5. The van der Waals surface area contributed by atoms with E-state index >= 15 is 4.39 Å². The van der Waals surface area contributed by atoms with Crippen LogP contribution in [0.15, 0.2) is 47.3 Å². The van der Waals surface area contributed by atoms with E-state index in [2.05, 4.69) is 20.3 Å². The summed E-state index contributed by atoms with van der Waals surface area (Å²) in [5.41, 5.74) is 0.875. The Labute approximate surface area is 186 Å². The molecule has 2 N–H and O–H groups in total. The van der Waals surface area contributed by atoms with Gasteiger partial charge in [-0.15, -0.1) is 11.3 Å². The molecule has 4 rings (SSSR count). The standard InChI is InChI=1S/C22H18ClFN4O2S/c1-11(2)21(30)25-10-12-7-8-13(23)18(19(12)24)20-26-15(9-17(29)28-20)22-27-14-5-3-4-6-16(14)31-22/h3-9,11H,10H2,1-2H3,(H,25,30)(H,26,28,29). The Bertz CT molecular complexity index is 1320. The van der Waals surface area contributed by atoms with Crippen molar-refractivity contribution in [2.45, 2.75) is 20.4 Å². The number of carbonyl (C=O) groups excluding carboxylic acids is 1. The molecular weight excluding hydrogens is 439 g/mol. The number of para-hydroxylation sites is 1. The van der Waals surface area contributed by atoms with Gasteiger partial charge in [-0.3, -0.25) is 9.59 Å². The first-order valence-corrected chi connectivity index (χ1v) is 10.7. The van der Waals surface area contributed by atoms with E-state index in [9.17, 15) is 9.59 Å². The monoisotopic (exact) mass is 456 g/mol. The first kappa shape index (κ1) is 21.1. The van der Waals surface area contributed by atoms with Gasteiger partial charge in [0, 0.05) is 24.1 Å². The van der Waals surface area contributed by atoms with Crippen LogP contribution in [0.4, 0.5) is 4.39 Å². The third-order valence-corrected chi connectivity index (χ3v) is 6.01. The SMILES string of the molecule is CC(C)C(=O)NCc1ccc(Cl)c(-c2nc(-c3nc4ccccc4s3)cc(=O)[nH]2)c1F. The van der Waals surface area contributed by atoms with Crippen molar-refractivity contribution in [1.82, 2.24) is 20.3 Å². The van der Waals surface area contributed by atoms with Crippen LogP contribution in [0.5, 0.6) is 0 Å². The summed E-state index contributed by atoms with van der Waals surface area (Å²) in [5, 5.41) is 3.32. The summed E-state index contributed by atoms with van der Waals surface area (Å²) < 4.78 is 16.2. The highest BCUT2D eigenvalue weighted by Gasteiger charge is 2.19. The Balaban J connectivity index is 1.76. The summed E-state index contributed by atoms with van der Waals surface area (Å²) in [7, 11) is 0. The van der Waals surface area contributed by atoms with Crippen molar-refractivity contribution < 1.29 is 9.18 Å². The van der Waals surface area contributed by atoms with Crippen molar-refractivity contribution in [3.8, 4) is 22.1 Å². The molecular formula is C22H18ClFN4O2S. The van der Waals surface area contributed by atoms with Crippen LogP contribution in [0.1, 0.15) is 19.4 Å². The summed E-state index contributed by atoms with van der Waals surface area (Å²) >= 11 is 7.65. The van der Waals surface area contributed by atoms with Crippen LogP contribution in [0.25, 0.3) is 32.3 Å². The van der Waals surface area contributed by atoms with E-state index in [0.717, 1.165) is 10.2 Å². The maximum Gasteiger partial charge on any atom is 0.251 e. The van der Waals surface area contributed by atoms with Gasteiger partial charge in [-0.05, 0) is 18.2 Å². The van der Waals surface area contributed by atoms with Crippen LogP contribution in [0.2, 0.25) is 5.02 Å². The van der Waals surface area contributed by atoms with Crippen molar-refractivity contribution in [2.75, 3.05) is 0 Å². The summed E-state index contributed by atoms with van der Waals surface area (Å²) in [6.07, 6.45) is 0. The molecule has 0 saturated heterocycles. The summed E-state index contributed by atoms with van der Waals surface area (Å²) in [5.74, 6) is -1.07. The van der Waals surface area contributed by atoms with Gasteiger partial charge in [0.25, 0.3) is 5.56 Å². The molecule has 0 aliphatic carbocycles. The van der Waals surface area contributed by atoms with E-state index in [4.69, 9.17) is 11.6 Å². The van der Waals surface area contributed by atoms with Crippen LogP contribution >= 0.6 is 22.9 Å². The van der Waals surface area contributed by atoms with Crippen molar-refractivity contribution in [3.05, 3.63) is 69.2 Å². The molecule has 0 aliphatic heterocycles. The van der Waals surface area contributed by atoms with Crippen molar-refractivity contribution in [1.29, 1.82) is 0 Å². The number of rotatable bonds is 5. The second kappa shape index (κ2) is 8.56. The number of aromatic amines is 1. The Morgan fingerprint density at radius 2 is 2.00 bits per heavy atom. The highest BCUT2D eigenvalue weighted by Crippen LogP contribution is 2.33. The Morgan fingerprint density at radius 3 is 2.74 bits per heavy atom. The average Bonchev–Trinajstić information content (AvgIpc) is 3.17. The number of nitrogens with zero attached hydrogens (tertiary/aromatic N) is 2. The van der Waals surface area contributed by atoms with E-state index in [1.807, 2.05) is 24.3 Å². The largest absolute Gasteiger partial charge is 0.352 e. The van der Waals surface area contributed by atoms with Gasteiger partial charge in [-0.2, -0.15) is 0 Å². The topological polar surface area (TPSA) is 87.7 Å². The lowest BCUT2D eigenvalue weighted by atomic mass is 10.1. The number of thiazole rings is 1. The van der Waals surface area contributed by atoms with E-state index in [1.165, 1.54) is 29.5 Å². The van der Waals surface area contributed by atoms with E-state index in [0.29, 0.717) is 10.7 Å². The number of carbonyl (C=O) groups is 1. The third-order valence-electron chi connectivity index (χ3n) is 4.64. The molecule has 0 unspecified atom stereocenters. The van der Waals surface area contributed by atoms with E-state index in [-0.39, 0.29) is 40.3 Å². The second-order valence-electron chi connectivity index (χ2n) is 7.23. The summed E-state index contributed by atoms with van der Waals surface area (Å²) in [6.45, 7) is 3.50. The molecule has 0 fully saturated rings. The first-order valence-electron chi connectivity index (χ1n) is 9.55. The number of aromatic nitrogens is 3. The third kappa shape index (κ3) is 4.35. The van der Waals surface area contributed by atoms with Crippen LogP contribution < -0.4 is 10.9 Å². The van der Waals surface area contributed by atoms with Gasteiger partial charge in [-0.1, -0.05) is 43.6 Å². The quantitative estimate of drug-likeness (QED) is 0.452. The lowest BCUT2D eigenvalue weighted by Crippen LogP contribution is -2.27. The number of fused-ring (bicyclic) bond motifs is 1. The molecule has 31 heavy (non-hydrogen) atoms. The minimum absolute atomic E-state index is 0.00120. The normalized spacial score (nSPS) is 11.3. The smallest absolute Gasteiger partial charge is 0.251 e. The van der Waals surface area contributed by atoms with Crippen molar-refractivity contribution >= 4 is 39.1 Å². The number of hydrogen-bond acceptors (Lipinski definition) is 5. The molecule has 2 heterocycles. The Hall–Kier alpha value is -3.10. The highest BCUT2D eigenvalue weighted by molar-refractivity contribution is 7.21. The fraction of sp³-hybridized carbons (Fsp3) is 0.182. The number of benzene rings is 2. The molecule has 6 nitrogen and oxygen atoms in total. The molecule has 4 aromatic rings. The molecule has 9 heteroatoms. The summed E-state index contributed by atoms with van der Waals surface area (Å²) in [4.78, 5) is 35.7. The number of amides is 1. The van der Waals surface area contributed by atoms with Gasteiger partial charge in [-0.25, -0.2) is 14.4 Å². The fourth-order valence-electron chi connectivity index (χ4n) is 3.00. The number of halogens is 2. The molecule has 158 valence electrons. The molecule has 0 spiro atoms. The second-order valence-corrected chi connectivity index (χ2v) is 8.67. The molecule has 0 bridgehead atoms. The predicted octanol–water partition coefficient (Wildman–Crippen LogP) is 4.78. The molecule has 2 aromatic carbocycles. The summed E-state index contributed by atoms with van der Waals surface area (Å²) in [6, 6.07) is 11.9. The average molecular weight is 457 g/mol. The fourth-order valence-corrected chi connectivity index (χ4v) is 4.16. The van der Waals surface area contributed by atoms with Crippen LogP contribution in [0, 0.1) is 11.7 Å². The number of hydrogen-bond donors (Lipinski definition) is 2. The predicted molar refractivity (Wildman–Crippen MR) is 121 cm³/mol. The van der Waals surface area contributed by atoms with Gasteiger partial charge in [0.15, 0.2) is 0 Å². The first-order chi connectivity index (χ1) is 14.8. The minimum atomic E-state index is -0.652. The van der Waals surface area contributed by atoms with Gasteiger partial charge in [0.2, 0.25) is 5.91 Å². The molecule has 2 aromatic heterocycles. The van der Waals surface area contributed by atoms with Crippen molar-refractivity contribution in [2.24, 2.45) is 5.92 Å². The zero-order chi connectivity index (χ0) is 22.1. The van der Waals surface area contributed by atoms with E-state index in [1.54, 1.807) is 13.8 Å². The van der Waals surface area contributed by atoms with Crippen LogP contribution in [0.3, 0.4) is 0 Å². The lowest BCUT2D eigenvalue weighted by molar-refractivity contribution is -0.124. The minimum Gasteiger partial charge on any atom is -0.352 e. The molecule has 1 amide bonds. The number of H-pyrrole nitrogens is 1. The molecule has 0 atom stereocenters. The van der Waals surface area contributed by atoms with Crippen LogP contribution in [-0.2, 0) is 11.3 Å². The molecule has 0 aliphatic rings. The van der Waals surface area contributed by atoms with Gasteiger partial charge < -0.3 is 10.3 Å². The maximum atomic E-state index is 15.3. The van der Waals surface area contributed by atoms with E-state index < -0.39 is 11.4 Å². The molecule has 0 saturated carbocycles.